The van der Waals surface area contributed by atoms with Crippen molar-refractivity contribution >= 4 is 11.6 Å². The maximum atomic E-state index is 13.7. The van der Waals surface area contributed by atoms with Gasteiger partial charge in [0, 0.05) is 24.1 Å². The van der Waals surface area contributed by atoms with Crippen LogP contribution in [0.15, 0.2) is 22.6 Å². The standard InChI is InChI=1S/C21H25N3O7/c1-7-15(29-3)14(25)10-12-20(27)31-19-9-6-8-11(22(9)2)13(24(12)19)16(21(10,28)17(7)26)23-4-5-30-18(8)23/h8-9,11,13,16,18-20,27-28H,4-6H2,1-3H3/t8-,9-,11+,13-,16+,18+,19-,20+,21-/m0/s1. The number of ketones is 2. The van der Waals surface area contributed by atoms with Crippen molar-refractivity contribution in [2.45, 2.75) is 61.9 Å². The molecule has 6 heterocycles. The first-order valence-corrected chi connectivity index (χ1v) is 10.8. The summed E-state index contributed by atoms with van der Waals surface area (Å²) < 4.78 is 17.4. The Morgan fingerprint density at radius 1 is 1.23 bits per heavy atom. The predicted molar refractivity (Wildman–Crippen MR) is 102 cm³/mol. The van der Waals surface area contributed by atoms with E-state index in [1.54, 1.807) is 0 Å². The Bertz CT molecular complexity index is 1010. The van der Waals surface area contributed by atoms with Gasteiger partial charge in [-0.05, 0) is 20.4 Å². The number of piperidine rings is 1. The van der Waals surface area contributed by atoms with Gasteiger partial charge in [0.05, 0.1) is 43.1 Å². The number of piperazine rings is 1. The Kier molecular flexibility index (Phi) is 3.36. The molecule has 5 saturated heterocycles. The van der Waals surface area contributed by atoms with E-state index in [1.165, 1.54) is 14.0 Å². The first kappa shape index (κ1) is 18.7. The molecule has 0 spiro atoms. The van der Waals surface area contributed by atoms with Gasteiger partial charge in [-0.25, -0.2) is 0 Å². The number of likely N-dealkylation sites (N-methyl/N-ethyl adjacent to an activating group) is 1. The number of aliphatic hydroxyl groups is 2. The third-order valence-corrected chi connectivity index (χ3v) is 8.74. The number of carbonyl (C=O) groups excluding carboxylic acids is 2. The summed E-state index contributed by atoms with van der Waals surface area (Å²) in [5.74, 6) is -1.02. The molecule has 0 aromatic heterocycles. The topological polar surface area (TPSA) is 112 Å². The molecule has 7 aliphatic rings. The second kappa shape index (κ2) is 5.56. The molecule has 2 N–H and O–H groups in total. The molecule has 0 radical (unpaired) electrons. The summed E-state index contributed by atoms with van der Waals surface area (Å²) in [4.78, 5) is 33.6. The van der Waals surface area contributed by atoms with E-state index in [-0.39, 0.29) is 52.9 Å². The van der Waals surface area contributed by atoms with Crippen molar-refractivity contribution in [2.75, 3.05) is 27.3 Å². The predicted octanol–water partition coefficient (Wildman–Crippen LogP) is -1.85. The summed E-state index contributed by atoms with van der Waals surface area (Å²) in [6.07, 6.45) is -1.25. The fourth-order valence-corrected chi connectivity index (χ4v) is 7.74. The van der Waals surface area contributed by atoms with Crippen molar-refractivity contribution in [3.63, 3.8) is 0 Å². The first-order chi connectivity index (χ1) is 14.8. The molecule has 10 heteroatoms. The highest BCUT2D eigenvalue weighted by Crippen LogP contribution is 2.59. The number of methoxy groups -OCH3 is 1. The Hall–Kier alpha value is -1.82. The summed E-state index contributed by atoms with van der Waals surface area (Å²) in [7, 11) is 3.37. The summed E-state index contributed by atoms with van der Waals surface area (Å²) in [6, 6.07) is -0.978. The summed E-state index contributed by atoms with van der Waals surface area (Å²) >= 11 is 0. The Balaban J connectivity index is 1.56. The molecule has 166 valence electrons. The van der Waals surface area contributed by atoms with Gasteiger partial charge < -0.3 is 29.3 Å². The minimum absolute atomic E-state index is 0.0103. The van der Waals surface area contributed by atoms with Crippen LogP contribution in [0.4, 0.5) is 0 Å². The molecule has 9 atom stereocenters. The van der Waals surface area contributed by atoms with Crippen LogP contribution in [0.1, 0.15) is 13.3 Å². The number of nitrogens with zero attached hydrogens (tertiary/aromatic N) is 3. The molecule has 0 amide bonds. The fourth-order valence-electron chi connectivity index (χ4n) is 7.74. The van der Waals surface area contributed by atoms with E-state index in [9.17, 15) is 19.8 Å². The second-order valence-electron chi connectivity index (χ2n) is 9.69. The molecule has 31 heavy (non-hydrogen) atoms. The second-order valence-corrected chi connectivity index (χ2v) is 9.69. The van der Waals surface area contributed by atoms with E-state index < -0.39 is 35.7 Å². The van der Waals surface area contributed by atoms with Gasteiger partial charge in [-0.1, -0.05) is 0 Å². The highest BCUT2D eigenvalue weighted by atomic mass is 16.6. The lowest BCUT2D eigenvalue weighted by Gasteiger charge is -2.62. The van der Waals surface area contributed by atoms with Crippen LogP contribution in [0.5, 0.6) is 0 Å². The highest BCUT2D eigenvalue weighted by molar-refractivity contribution is 6.24. The summed E-state index contributed by atoms with van der Waals surface area (Å²) in [6.45, 7) is 2.59. The van der Waals surface area contributed by atoms with Gasteiger partial charge in [0.15, 0.2) is 23.4 Å². The first-order valence-electron chi connectivity index (χ1n) is 10.8. The van der Waals surface area contributed by atoms with Crippen LogP contribution in [0.3, 0.4) is 0 Å². The maximum Gasteiger partial charge on any atom is 0.229 e. The lowest BCUT2D eigenvalue weighted by Crippen LogP contribution is -2.81. The van der Waals surface area contributed by atoms with Gasteiger partial charge in [0.1, 0.15) is 12.5 Å². The largest absolute Gasteiger partial charge is 0.492 e. The normalized spacial score (nSPS) is 50.4. The van der Waals surface area contributed by atoms with E-state index in [2.05, 4.69) is 9.80 Å². The van der Waals surface area contributed by atoms with Crippen LogP contribution in [0.25, 0.3) is 0 Å². The van der Waals surface area contributed by atoms with Crippen LogP contribution >= 0.6 is 0 Å². The zero-order valence-corrected chi connectivity index (χ0v) is 17.5. The van der Waals surface area contributed by atoms with Crippen LogP contribution in [0.2, 0.25) is 0 Å². The lowest BCUT2D eigenvalue weighted by atomic mass is 9.63. The molecule has 6 aliphatic heterocycles. The number of rotatable bonds is 1. The average Bonchev–Trinajstić information content (AvgIpc) is 3.41. The number of carbonyl (C=O) groups is 2. The molecule has 2 bridgehead atoms. The monoisotopic (exact) mass is 431 g/mol. The number of hydrogen-bond acceptors (Lipinski definition) is 10. The van der Waals surface area contributed by atoms with E-state index >= 15 is 0 Å². The average molecular weight is 431 g/mol. The quantitative estimate of drug-likeness (QED) is 0.491. The van der Waals surface area contributed by atoms with Crippen LogP contribution in [-0.4, -0.2) is 112 Å². The molecule has 1 aliphatic carbocycles. The third kappa shape index (κ3) is 1.78. The number of ether oxygens (including phenoxy) is 3. The van der Waals surface area contributed by atoms with E-state index in [0.717, 1.165) is 6.42 Å². The molecule has 7 rings (SSSR count). The van der Waals surface area contributed by atoms with Gasteiger partial charge in [-0.3, -0.25) is 19.4 Å². The van der Waals surface area contributed by atoms with Crippen molar-refractivity contribution in [1.29, 1.82) is 0 Å². The smallest absolute Gasteiger partial charge is 0.229 e. The van der Waals surface area contributed by atoms with Crippen molar-refractivity contribution in [3.8, 4) is 0 Å². The van der Waals surface area contributed by atoms with Gasteiger partial charge in [-0.15, -0.1) is 0 Å². The van der Waals surface area contributed by atoms with Crippen LogP contribution in [0, 0.1) is 5.92 Å². The van der Waals surface area contributed by atoms with Gasteiger partial charge in [-0.2, -0.15) is 0 Å². The highest BCUT2D eigenvalue weighted by Gasteiger charge is 2.75. The molecule has 0 aromatic carbocycles. The Morgan fingerprint density at radius 2 is 2.00 bits per heavy atom. The van der Waals surface area contributed by atoms with Crippen LogP contribution in [-0.2, 0) is 23.8 Å². The molecular weight excluding hydrogens is 406 g/mol. The Labute approximate surface area is 178 Å². The number of aliphatic hydroxyl groups excluding tert-OH is 1. The zero-order valence-electron chi connectivity index (χ0n) is 17.5. The SMILES string of the molecule is COC1=C(C)C(=O)[C@]2(O)C(=C3[C@H](O)O[C@H]4[C@@H]5C[C@H]6[C@H]([C@@H]([C@H]2N2CCO[C@H]62)N34)N5C)C1=O. The fraction of sp³-hybridized carbons (Fsp3) is 0.714. The van der Waals surface area contributed by atoms with Gasteiger partial charge in [0.25, 0.3) is 0 Å². The maximum absolute atomic E-state index is 13.7. The molecular formula is C21H25N3O7. The number of allylic oxidation sites excluding steroid dienone is 1. The summed E-state index contributed by atoms with van der Waals surface area (Å²) in [5.41, 5.74) is -1.89. The molecule has 10 nitrogen and oxygen atoms in total. The zero-order chi connectivity index (χ0) is 21.6. The molecule has 0 aromatic rings. The number of Topliss-reactive ketones (excluding diaryl/α,β-unsaturated/α-hetero) is 2. The van der Waals surface area contributed by atoms with Gasteiger partial charge >= 0.3 is 0 Å². The molecule has 0 unspecified atom stereocenters. The number of fused-ring (bicyclic) bond motifs is 7. The summed E-state index contributed by atoms with van der Waals surface area (Å²) in [5, 5.41) is 23.1. The Morgan fingerprint density at radius 3 is 2.74 bits per heavy atom. The number of hydrogen-bond donors (Lipinski definition) is 2. The van der Waals surface area contributed by atoms with E-state index in [1.807, 2.05) is 11.9 Å². The van der Waals surface area contributed by atoms with Gasteiger partial charge in [0.2, 0.25) is 5.78 Å². The van der Waals surface area contributed by atoms with E-state index in [0.29, 0.717) is 13.2 Å². The molecule has 0 saturated carbocycles. The minimum atomic E-state index is -2.11. The van der Waals surface area contributed by atoms with Crippen molar-refractivity contribution in [3.05, 3.63) is 22.6 Å². The van der Waals surface area contributed by atoms with Crippen molar-refractivity contribution < 1.29 is 34.0 Å². The van der Waals surface area contributed by atoms with Crippen LogP contribution < -0.4 is 0 Å². The lowest BCUT2D eigenvalue weighted by molar-refractivity contribution is -0.197. The minimum Gasteiger partial charge on any atom is -0.492 e. The van der Waals surface area contributed by atoms with Crippen molar-refractivity contribution in [1.82, 2.24) is 14.7 Å². The van der Waals surface area contributed by atoms with Crippen molar-refractivity contribution in [2.24, 2.45) is 5.92 Å². The third-order valence-electron chi connectivity index (χ3n) is 8.74. The molecule has 5 fully saturated rings. The van der Waals surface area contributed by atoms with E-state index in [4.69, 9.17) is 14.2 Å².